The maximum Gasteiger partial charge on any atom is 0.282 e. The fourth-order valence-corrected chi connectivity index (χ4v) is 3.54. The van der Waals surface area contributed by atoms with Crippen LogP contribution in [0.2, 0.25) is 0 Å². The highest BCUT2D eigenvalue weighted by molar-refractivity contribution is 6.24. The van der Waals surface area contributed by atoms with Crippen molar-refractivity contribution >= 4 is 35.0 Å². The Bertz CT molecular complexity index is 1110. The minimum atomic E-state index is -1.21. The van der Waals surface area contributed by atoms with Crippen LogP contribution in [-0.2, 0) is 4.79 Å². The number of nitrogens with zero attached hydrogens (tertiary/aromatic N) is 3. The van der Waals surface area contributed by atoms with E-state index in [0.717, 1.165) is 6.07 Å². The first kappa shape index (κ1) is 22.6. The lowest BCUT2D eigenvalue weighted by molar-refractivity contribution is -0.385. The summed E-state index contributed by atoms with van der Waals surface area (Å²) in [6.07, 6.45) is 0. The highest BCUT2D eigenvalue weighted by Gasteiger charge is 2.44. The predicted octanol–water partition coefficient (Wildman–Crippen LogP) is 2.70. The summed E-state index contributed by atoms with van der Waals surface area (Å²) < 4.78 is 0. The second-order valence-corrected chi connectivity index (χ2v) is 7.16. The predicted molar refractivity (Wildman–Crippen MR) is 115 cm³/mol. The van der Waals surface area contributed by atoms with Gasteiger partial charge in [0.05, 0.1) is 10.5 Å². The summed E-state index contributed by atoms with van der Waals surface area (Å²) in [5.74, 6) is -2.43. The van der Waals surface area contributed by atoms with Crippen molar-refractivity contribution in [3.8, 4) is 0 Å². The lowest BCUT2D eigenvalue weighted by atomic mass is 10.1. The number of carbonyl (C=O) groups excluding carboxylic acids is 4. The van der Waals surface area contributed by atoms with E-state index in [0.29, 0.717) is 29.2 Å². The molecule has 0 unspecified atom stereocenters. The third kappa shape index (κ3) is 3.94. The van der Waals surface area contributed by atoms with Crippen LogP contribution in [-0.4, -0.2) is 57.5 Å². The van der Waals surface area contributed by atoms with Crippen LogP contribution in [0, 0.1) is 10.1 Å². The lowest BCUT2D eigenvalue weighted by Gasteiger charge is -2.22. The molecule has 166 valence electrons. The summed E-state index contributed by atoms with van der Waals surface area (Å²) >= 11 is 0. The average Bonchev–Trinajstić information content (AvgIpc) is 3.04. The first-order valence-electron chi connectivity index (χ1n) is 10.1. The first-order valence-corrected chi connectivity index (χ1v) is 10.1. The number of nitro groups is 1. The number of rotatable bonds is 7. The zero-order chi connectivity index (χ0) is 23.6. The van der Waals surface area contributed by atoms with Gasteiger partial charge in [0, 0.05) is 30.4 Å². The second-order valence-electron chi connectivity index (χ2n) is 7.16. The summed E-state index contributed by atoms with van der Waals surface area (Å²) in [6.45, 7) is 6.27. The van der Waals surface area contributed by atoms with E-state index in [9.17, 15) is 29.3 Å². The van der Waals surface area contributed by atoms with E-state index in [4.69, 9.17) is 0 Å². The van der Waals surface area contributed by atoms with Gasteiger partial charge in [-0.15, -0.1) is 0 Å². The van der Waals surface area contributed by atoms with E-state index in [1.165, 1.54) is 19.1 Å². The molecule has 0 saturated carbocycles. The second kappa shape index (κ2) is 8.96. The molecule has 10 nitrogen and oxygen atoms in total. The van der Waals surface area contributed by atoms with Crippen molar-refractivity contribution in [2.45, 2.75) is 26.8 Å². The fourth-order valence-electron chi connectivity index (χ4n) is 3.54. The number of benzene rings is 2. The minimum absolute atomic E-state index is 0.108. The fraction of sp³-hybridized carbons (Fsp3) is 0.273. The Morgan fingerprint density at radius 1 is 1.06 bits per heavy atom. The molecule has 3 rings (SSSR count). The number of carbonyl (C=O) groups is 4. The largest absolute Gasteiger partial charge is 0.339 e. The third-order valence-corrected chi connectivity index (χ3v) is 5.34. The average molecular weight is 438 g/mol. The van der Waals surface area contributed by atoms with Crippen LogP contribution in [0.5, 0.6) is 0 Å². The van der Waals surface area contributed by atoms with Crippen molar-refractivity contribution in [2.24, 2.45) is 0 Å². The van der Waals surface area contributed by atoms with Gasteiger partial charge in [-0.25, -0.2) is 0 Å². The van der Waals surface area contributed by atoms with Crippen LogP contribution in [0.1, 0.15) is 51.8 Å². The Kier molecular flexibility index (Phi) is 6.33. The van der Waals surface area contributed by atoms with Crippen molar-refractivity contribution in [2.75, 3.05) is 18.4 Å². The lowest BCUT2D eigenvalue weighted by Crippen LogP contribution is -2.45. The van der Waals surface area contributed by atoms with Gasteiger partial charge in [-0.05, 0) is 51.1 Å². The van der Waals surface area contributed by atoms with Crippen LogP contribution in [0.25, 0.3) is 0 Å². The van der Waals surface area contributed by atoms with E-state index in [1.54, 1.807) is 29.2 Å². The van der Waals surface area contributed by atoms with Crippen molar-refractivity contribution in [3.63, 3.8) is 0 Å². The molecule has 1 aliphatic heterocycles. The molecule has 4 amide bonds. The number of nitro benzene ring substituents is 1. The zero-order valence-corrected chi connectivity index (χ0v) is 17.8. The molecule has 1 atom stereocenters. The molecule has 0 bridgehead atoms. The summed E-state index contributed by atoms with van der Waals surface area (Å²) in [4.78, 5) is 63.4. The van der Waals surface area contributed by atoms with Crippen LogP contribution in [0.3, 0.4) is 0 Å². The van der Waals surface area contributed by atoms with Gasteiger partial charge in [0.2, 0.25) is 5.91 Å². The number of hydrogen-bond acceptors (Lipinski definition) is 6. The summed E-state index contributed by atoms with van der Waals surface area (Å²) in [6, 6.07) is 8.82. The van der Waals surface area contributed by atoms with E-state index >= 15 is 0 Å². The van der Waals surface area contributed by atoms with Gasteiger partial charge in [-0.2, -0.15) is 0 Å². The van der Waals surface area contributed by atoms with Gasteiger partial charge in [-0.3, -0.25) is 34.2 Å². The van der Waals surface area contributed by atoms with E-state index in [1.807, 2.05) is 13.8 Å². The normalized spacial score (nSPS) is 13.5. The van der Waals surface area contributed by atoms with Crippen molar-refractivity contribution in [1.29, 1.82) is 0 Å². The maximum absolute atomic E-state index is 12.7. The molecule has 1 heterocycles. The molecule has 2 aromatic rings. The van der Waals surface area contributed by atoms with Gasteiger partial charge < -0.3 is 10.2 Å². The molecule has 1 N–H and O–H groups in total. The molecule has 0 radical (unpaired) electrons. The maximum atomic E-state index is 12.7. The van der Waals surface area contributed by atoms with Gasteiger partial charge in [-0.1, -0.05) is 6.07 Å². The number of anilines is 1. The number of hydrogen-bond donors (Lipinski definition) is 1. The zero-order valence-electron chi connectivity index (χ0n) is 17.8. The Balaban J connectivity index is 1.76. The van der Waals surface area contributed by atoms with Crippen LogP contribution >= 0.6 is 0 Å². The minimum Gasteiger partial charge on any atom is -0.339 e. The monoisotopic (exact) mass is 438 g/mol. The number of imide groups is 1. The van der Waals surface area contributed by atoms with Crippen LogP contribution in [0.15, 0.2) is 42.5 Å². The Hall–Kier alpha value is -4.08. The molecule has 10 heteroatoms. The van der Waals surface area contributed by atoms with Crippen molar-refractivity contribution in [1.82, 2.24) is 9.80 Å². The van der Waals surface area contributed by atoms with E-state index in [2.05, 4.69) is 5.32 Å². The summed E-state index contributed by atoms with van der Waals surface area (Å²) in [5, 5.41) is 13.8. The van der Waals surface area contributed by atoms with Crippen LogP contribution in [0.4, 0.5) is 11.4 Å². The smallest absolute Gasteiger partial charge is 0.282 e. The molecule has 0 aliphatic carbocycles. The highest BCUT2D eigenvalue weighted by atomic mass is 16.6. The van der Waals surface area contributed by atoms with E-state index in [-0.39, 0.29) is 17.0 Å². The first-order chi connectivity index (χ1) is 15.2. The Morgan fingerprint density at radius 2 is 1.69 bits per heavy atom. The van der Waals surface area contributed by atoms with Gasteiger partial charge >= 0.3 is 0 Å². The molecule has 0 fully saturated rings. The van der Waals surface area contributed by atoms with Gasteiger partial charge in [0.1, 0.15) is 11.6 Å². The number of nitrogens with one attached hydrogen (secondary N) is 1. The molecule has 1 aliphatic rings. The molecule has 2 aromatic carbocycles. The van der Waals surface area contributed by atoms with Crippen molar-refractivity contribution < 1.29 is 24.1 Å². The molecule has 0 spiro atoms. The Morgan fingerprint density at radius 3 is 2.25 bits per heavy atom. The summed E-state index contributed by atoms with van der Waals surface area (Å²) in [5.41, 5.74) is -0.0677. The Labute approximate surface area is 184 Å². The number of amides is 4. The van der Waals surface area contributed by atoms with Gasteiger partial charge in [0.25, 0.3) is 23.4 Å². The molecular formula is C22H22N4O6. The SMILES string of the molecule is CCN(CC)C(=O)c1ccc(NC(=O)[C@H](C)N2C(=O)c3cccc([N+](=O)[O-])c3C2=O)cc1. The summed E-state index contributed by atoms with van der Waals surface area (Å²) in [7, 11) is 0. The quantitative estimate of drug-likeness (QED) is 0.402. The van der Waals surface area contributed by atoms with Crippen molar-refractivity contribution in [3.05, 3.63) is 69.3 Å². The van der Waals surface area contributed by atoms with E-state index < -0.39 is 34.4 Å². The third-order valence-electron chi connectivity index (χ3n) is 5.34. The topological polar surface area (TPSA) is 130 Å². The molecule has 0 saturated heterocycles. The molecule has 0 aromatic heterocycles. The number of fused-ring (bicyclic) bond motifs is 1. The molecular weight excluding hydrogens is 416 g/mol. The van der Waals surface area contributed by atoms with Gasteiger partial charge in [0.15, 0.2) is 0 Å². The highest BCUT2D eigenvalue weighted by Crippen LogP contribution is 2.32. The van der Waals surface area contributed by atoms with Crippen LogP contribution < -0.4 is 5.32 Å². The standard InChI is InChI=1S/C22H22N4O6/c1-4-24(5-2)20(28)14-9-11-15(12-10-14)23-19(27)13(3)25-21(29)16-7-6-8-17(26(31)32)18(16)22(25)30/h6-13H,4-5H2,1-3H3,(H,23,27)/t13-/m0/s1. The molecule has 32 heavy (non-hydrogen) atoms.